The van der Waals surface area contributed by atoms with Gasteiger partial charge in [0.05, 0.1) is 12.5 Å². The summed E-state index contributed by atoms with van der Waals surface area (Å²) >= 11 is 0. The first-order chi connectivity index (χ1) is 10.2. The maximum atomic E-state index is 10.2. The van der Waals surface area contributed by atoms with Crippen LogP contribution in [-0.2, 0) is 6.42 Å². The third-order valence-corrected chi connectivity index (χ3v) is 3.33. The highest BCUT2D eigenvalue weighted by Gasteiger charge is 2.14. The summed E-state index contributed by atoms with van der Waals surface area (Å²) in [5.74, 6) is 0.979. The number of rotatable bonds is 4. The fraction of sp³-hybridized carbons (Fsp3) is 0.176. The second kappa shape index (κ2) is 5.89. The number of hydrogen-bond acceptors (Lipinski definition) is 4. The molecule has 0 radical (unpaired) electrons. The van der Waals surface area contributed by atoms with Gasteiger partial charge in [-0.3, -0.25) is 0 Å². The van der Waals surface area contributed by atoms with Gasteiger partial charge in [-0.1, -0.05) is 65.3 Å². The lowest BCUT2D eigenvalue weighted by Gasteiger charge is -2.07. The van der Waals surface area contributed by atoms with Gasteiger partial charge in [-0.15, -0.1) is 0 Å². The van der Waals surface area contributed by atoms with E-state index in [1.165, 1.54) is 5.56 Å². The van der Waals surface area contributed by atoms with Crippen LogP contribution in [0, 0.1) is 6.92 Å². The molecule has 4 nitrogen and oxygen atoms in total. The smallest absolute Gasteiger partial charge is 0.229 e. The molecule has 21 heavy (non-hydrogen) atoms. The van der Waals surface area contributed by atoms with E-state index in [-0.39, 0.29) is 0 Å². The molecular formula is C17H16N2O2. The number of aromatic nitrogens is 2. The Labute approximate surface area is 123 Å². The topological polar surface area (TPSA) is 59.2 Å². The van der Waals surface area contributed by atoms with Gasteiger partial charge in [0.1, 0.15) is 0 Å². The lowest BCUT2D eigenvalue weighted by Crippen LogP contribution is -2.01. The molecule has 1 heterocycles. The summed E-state index contributed by atoms with van der Waals surface area (Å²) in [4.78, 5) is 4.34. The Balaban J connectivity index is 1.75. The second-order valence-electron chi connectivity index (χ2n) is 5.01. The molecule has 0 aliphatic carbocycles. The molecule has 3 rings (SSSR count). The minimum Gasteiger partial charge on any atom is -0.388 e. The van der Waals surface area contributed by atoms with Crippen molar-refractivity contribution in [3.8, 4) is 11.4 Å². The number of hydrogen-bond donors (Lipinski definition) is 1. The normalized spacial score (nSPS) is 12.3. The van der Waals surface area contributed by atoms with Crippen molar-refractivity contribution < 1.29 is 9.63 Å². The molecule has 106 valence electrons. The van der Waals surface area contributed by atoms with E-state index in [1.807, 2.05) is 61.5 Å². The number of aliphatic hydroxyl groups is 1. The number of aryl methyl sites for hydroxylation is 1. The van der Waals surface area contributed by atoms with Crippen LogP contribution in [0.5, 0.6) is 0 Å². The monoisotopic (exact) mass is 280 g/mol. The van der Waals surface area contributed by atoms with E-state index in [0.717, 1.165) is 11.1 Å². The zero-order chi connectivity index (χ0) is 14.7. The largest absolute Gasteiger partial charge is 0.388 e. The molecule has 1 unspecified atom stereocenters. The fourth-order valence-electron chi connectivity index (χ4n) is 2.12. The minimum atomic E-state index is -0.641. The summed E-state index contributed by atoms with van der Waals surface area (Å²) in [6.45, 7) is 2.03. The molecule has 0 saturated carbocycles. The summed E-state index contributed by atoms with van der Waals surface area (Å²) in [5.41, 5.74) is 2.93. The van der Waals surface area contributed by atoms with Crippen molar-refractivity contribution in [1.29, 1.82) is 0 Å². The first-order valence-corrected chi connectivity index (χ1v) is 6.85. The Morgan fingerprint density at radius 1 is 1.05 bits per heavy atom. The maximum Gasteiger partial charge on any atom is 0.229 e. The highest BCUT2D eigenvalue weighted by atomic mass is 16.5. The molecule has 0 spiro atoms. The summed E-state index contributed by atoms with van der Waals surface area (Å²) in [7, 11) is 0. The van der Waals surface area contributed by atoms with Crippen LogP contribution in [0.25, 0.3) is 11.4 Å². The Kier molecular flexibility index (Phi) is 3.79. The number of benzene rings is 2. The van der Waals surface area contributed by atoms with Gasteiger partial charge in [0.25, 0.3) is 0 Å². The molecule has 4 heteroatoms. The van der Waals surface area contributed by atoms with Crippen LogP contribution in [0.15, 0.2) is 59.1 Å². The van der Waals surface area contributed by atoms with Gasteiger partial charge in [0.15, 0.2) is 0 Å². The van der Waals surface area contributed by atoms with Crippen molar-refractivity contribution in [3.63, 3.8) is 0 Å². The average molecular weight is 280 g/mol. The zero-order valence-electron chi connectivity index (χ0n) is 11.7. The van der Waals surface area contributed by atoms with Crippen molar-refractivity contribution in [1.82, 2.24) is 10.1 Å². The molecule has 0 aliphatic heterocycles. The zero-order valence-corrected chi connectivity index (χ0v) is 11.7. The standard InChI is InChI=1S/C17H16N2O2/c1-12-7-9-14(10-8-12)17-18-16(21-19-17)11-15(20)13-5-3-2-4-6-13/h2-10,15,20H,11H2,1H3. The predicted octanol–water partition coefficient (Wildman–Crippen LogP) is 3.32. The summed E-state index contributed by atoms with van der Waals surface area (Å²) < 4.78 is 5.22. The van der Waals surface area contributed by atoms with Crippen molar-refractivity contribution in [3.05, 3.63) is 71.6 Å². The van der Waals surface area contributed by atoms with Gasteiger partial charge in [-0.25, -0.2) is 0 Å². The van der Waals surface area contributed by atoms with Gasteiger partial charge in [-0.05, 0) is 12.5 Å². The molecule has 0 amide bonds. The van der Waals surface area contributed by atoms with E-state index in [0.29, 0.717) is 18.1 Å². The van der Waals surface area contributed by atoms with Gasteiger partial charge in [0, 0.05) is 5.56 Å². The third kappa shape index (κ3) is 3.17. The van der Waals surface area contributed by atoms with Crippen LogP contribution >= 0.6 is 0 Å². The number of aliphatic hydroxyl groups excluding tert-OH is 1. The minimum absolute atomic E-state index is 0.308. The Morgan fingerprint density at radius 2 is 1.76 bits per heavy atom. The fourth-order valence-corrected chi connectivity index (χ4v) is 2.12. The highest BCUT2D eigenvalue weighted by molar-refractivity contribution is 5.54. The molecule has 1 atom stereocenters. The van der Waals surface area contributed by atoms with E-state index in [2.05, 4.69) is 10.1 Å². The van der Waals surface area contributed by atoms with Gasteiger partial charge >= 0.3 is 0 Å². The van der Waals surface area contributed by atoms with Gasteiger partial charge < -0.3 is 9.63 Å². The van der Waals surface area contributed by atoms with E-state index >= 15 is 0 Å². The van der Waals surface area contributed by atoms with E-state index in [4.69, 9.17) is 4.52 Å². The molecule has 0 fully saturated rings. The molecular weight excluding hydrogens is 264 g/mol. The van der Waals surface area contributed by atoms with Crippen LogP contribution in [0.2, 0.25) is 0 Å². The lowest BCUT2D eigenvalue weighted by molar-refractivity contribution is 0.165. The first-order valence-electron chi connectivity index (χ1n) is 6.85. The molecule has 0 aliphatic rings. The predicted molar refractivity (Wildman–Crippen MR) is 79.6 cm³/mol. The Hall–Kier alpha value is -2.46. The first kappa shape index (κ1) is 13.5. The van der Waals surface area contributed by atoms with Gasteiger partial charge in [-0.2, -0.15) is 4.98 Å². The lowest BCUT2D eigenvalue weighted by atomic mass is 10.1. The second-order valence-corrected chi connectivity index (χ2v) is 5.01. The maximum absolute atomic E-state index is 10.2. The molecule has 2 aromatic carbocycles. The van der Waals surface area contributed by atoms with E-state index in [1.54, 1.807) is 0 Å². The summed E-state index contributed by atoms with van der Waals surface area (Å²) in [6, 6.07) is 17.4. The average Bonchev–Trinajstić information content (AvgIpc) is 2.97. The quantitative estimate of drug-likeness (QED) is 0.796. The van der Waals surface area contributed by atoms with Crippen molar-refractivity contribution in [2.45, 2.75) is 19.4 Å². The Morgan fingerprint density at radius 3 is 2.48 bits per heavy atom. The number of nitrogens with zero attached hydrogens (tertiary/aromatic N) is 2. The SMILES string of the molecule is Cc1ccc(-c2noc(CC(O)c3ccccc3)n2)cc1. The van der Waals surface area contributed by atoms with E-state index in [9.17, 15) is 5.11 Å². The van der Waals surface area contributed by atoms with Crippen molar-refractivity contribution >= 4 is 0 Å². The van der Waals surface area contributed by atoms with Crippen LogP contribution in [0.1, 0.15) is 23.1 Å². The van der Waals surface area contributed by atoms with Crippen LogP contribution < -0.4 is 0 Å². The molecule has 0 saturated heterocycles. The molecule has 1 N–H and O–H groups in total. The molecule has 0 bridgehead atoms. The highest BCUT2D eigenvalue weighted by Crippen LogP contribution is 2.20. The van der Waals surface area contributed by atoms with Crippen LogP contribution in [-0.4, -0.2) is 15.2 Å². The third-order valence-electron chi connectivity index (χ3n) is 3.33. The van der Waals surface area contributed by atoms with Gasteiger partial charge in [0.2, 0.25) is 11.7 Å². The summed E-state index contributed by atoms with van der Waals surface area (Å²) in [5, 5.41) is 14.1. The van der Waals surface area contributed by atoms with Crippen molar-refractivity contribution in [2.75, 3.05) is 0 Å². The molecule has 3 aromatic rings. The van der Waals surface area contributed by atoms with E-state index < -0.39 is 6.10 Å². The summed E-state index contributed by atoms with van der Waals surface area (Å²) in [6.07, 6.45) is -0.333. The Bertz CT molecular complexity index is 705. The van der Waals surface area contributed by atoms with Crippen LogP contribution in [0.3, 0.4) is 0 Å². The van der Waals surface area contributed by atoms with Crippen molar-refractivity contribution in [2.24, 2.45) is 0 Å². The molecule has 1 aromatic heterocycles. The van der Waals surface area contributed by atoms with Crippen LogP contribution in [0.4, 0.5) is 0 Å².